The highest BCUT2D eigenvalue weighted by Crippen LogP contribution is 2.24. The molecule has 0 aliphatic rings. The molecule has 0 spiro atoms. The molecule has 3 heteroatoms. The molecule has 0 saturated heterocycles. The Hall–Kier alpha value is -2.65. The highest BCUT2D eigenvalue weighted by Gasteiger charge is 2.19. The standard InChI is InChI=1S/C25H28N2S/c1-4-21-14-16-24(17-15-21)26-25(28)27(18-22-12-10-19(2)11-13-22)20(3)23-8-6-5-7-9-23/h5-17,20H,4,18H2,1-3H3,(H,26,28)/t20-/m1/s1. The summed E-state index contributed by atoms with van der Waals surface area (Å²) in [6.45, 7) is 7.24. The van der Waals surface area contributed by atoms with Crippen LogP contribution in [0.3, 0.4) is 0 Å². The first-order valence-corrected chi connectivity index (χ1v) is 10.2. The molecule has 0 amide bonds. The number of thiocarbonyl (C=S) groups is 1. The lowest BCUT2D eigenvalue weighted by Gasteiger charge is -2.32. The Morgan fingerprint density at radius 1 is 0.893 bits per heavy atom. The van der Waals surface area contributed by atoms with Crippen molar-refractivity contribution in [2.24, 2.45) is 0 Å². The minimum atomic E-state index is 0.164. The Morgan fingerprint density at radius 2 is 1.50 bits per heavy atom. The maximum absolute atomic E-state index is 5.83. The van der Waals surface area contributed by atoms with E-state index in [0.717, 1.165) is 23.8 Å². The van der Waals surface area contributed by atoms with Crippen LogP contribution in [0.4, 0.5) is 5.69 Å². The van der Waals surface area contributed by atoms with Gasteiger partial charge in [0, 0.05) is 12.2 Å². The Kier molecular flexibility index (Phi) is 6.83. The first kappa shape index (κ1) is 20.1. The second-order valence-corrected chi connectivity index (χ2v) is 7.57. The molecular formula is C25H28N2S. The molecule has 144 valence electrons. The van der Waals surface area contributed by atoms with Crippen LogP contribution in [0.25, 0.3) is 0 Å². The third-order valence-electron chi connectivity index (χ3n) is 5.10. The van der Waals surface area contributed by atoms with Crippen LogP contribution in [0.2, 0.25) is 0 Å². The SMILES string of the molecule is CCc1ccc(NC(=S)N(Cc2ccc(C)cc2)[C@H](C)c2ccccc2)cc1. The monoisotopic (exact) mass is 388 g/mol. The van der Waals surface area contributed by atoms with Crippen molar-refractivity contribution in [2.75, 3.05) is 5.32 Å². The summed E-state index contributed by atoms with van der Waals surface area (Å²) in [5.41, 5.74) is 6.11. The van der Waals surface area contributed by atoms with Gasteiger partial charge < -0.3 is 10.2 Å². The number of benzene rings is 3. The van der Waals surface area contributed by atoms with E-state index < -0.39 is 0 Å². The largest absolute Gasteiger partial charge is 0.338 e. The minimum absolute atomic E-state index is 0.164. The van der Waals surface area contributed by atoms with Gasteiger partial charge in [0.25, 0.3) is 0 Å². The highest BCUT2D eigenvalue weighted by molar-refractivity contribution is 7.80. The lowest BCUT2D eigenvalue weighted by atomic mass is 10.1. The summed E-state index contributed by atoms with van der Waals surface area (Å²) in [4.78, 5) is 2.25. The maximum Gasteiger partial charge on any atom is 0.174 e. The predicted molar refractivity (Wildman–Crippen MR) is 124 cm³/mol. The van der Waals surface area contributed by atoms with Crippen molar-refractivity contribution in [3.63, 3.8) is 0 Å². The van der Waals surface area contributed by atoms with E-state index in [1.54, 1.807) is 0 Å². The third kappa shape index (κ3) is 5.20. The van der Waals surface area contributed by atoms with Gasteiger partial charge in [-0.15, -0.1) is 0 Å². The summed E-state index contributed by atoms with van der Waals surface area (Å²) >= 11 is 5.83. The van der Waals surface area contributed by atoms with Crippen LogP contribution in [0.15, 0.2) is 78.9 Å². The zero-order valence-electron chi connectivity index (χ0n) is 16.9. The van der Waals surface area contributed by atoms with E-state index in [0.29, 0.717) is 0 Å². The van der Waals surface area contributed by atoms with E-state index >= 15 is 0 Å². The fourth-order valence-electron chi connectivity index (χ4n) is 3.21. The van der Waals surface area contributed by atoms with Crippen LogP contribution in [-0.4, -0.2) is 10.0 Å². The van der Waals surface area contributed by atoms with Crippen LogP contribution < -0.4 is 5.32 Å². The van der Waals surface area contributed by atoms with E-state index in [1.165, 1.54) is 22.3 Å². The van der Waals surface area contributed by atoms with Crippen molar-refractivity contribution in [1.29, 1.82) is 0 Å². The molecule has 3 aromatic carbocycles. The summed E-state index contributed by atoms with van der Waals surface area (Å²) in [5.74, 6) is 0. The Balaban J connectivity index is 1.83. The first-order valence-electron chi connectivity index (χ1n) is 9.84. The fourth-order valence-corrected chi connectivity index (χ4v) is 3.55. The number of hydrogen-bond acceptors (Lipinski definition) is 1. The normalized spacial score (nSPS) is 11.7. The number of aryl methyl sites for hydroxylation is 2. The zero-order valence-corrected chi connectivity index (χ0v) is 17.7. The number of rotatable bonds is 6. The van der Waals surface area contributed by atoms with Crippen molar-refractivity contribution in [2.45, 2.75) is 39.8 Å². The smallest absolute Gasteiger partial charge is 0.174 e. The quantitative estimate of drug-likeness (QED) is 0.484. The van der Waals surface area contributed by atoms with Crippen molar-refractivity contribution in [3.8, 4) is 0 Å². The number of anilines is 1. The molecule has 3 rings (SSSR count). The summed E-state index contributed by atoms with van der Waals surface area (Å²) in [5, 5.41) is 4.17. The molecule has 28 heavy (non-hydrogen) atoms. The van der Waals surface area contributed by atoms with Gasteiger partial charge in [-0.05, 0) is 61.3 Å². The molecule has 1 atom stereocenters. The van der Waals surface area contributed by atoms with Gasteiger partial charge in [-0.1, -0.05) is 79.2 Å². The molecule has 0 bridgehead atoms. The Labute approximate surface area is 174 Å². The van der Waals surface area contributed by atoms with Gasteiger partial charge in [0.05, 0.1) is 6.04 Å². The Bertz CT molecular complexity index is 886. The van der Waals surface area contributed by atoms with Gasteiger partial charge >= 0.3 is 0 Å². The van der Waals surface area contributed by atoms with Gasteiger partial charge in [-0.3, -0.25) is 0 Å². The molecule has 3 aromatic rings. The maximum atomic E-state index is 5.83. The van der Waals surface area contributed by atoms with E-state index in [4.69, 9.17) is 12.2 Å². The molecule has 0 fully saturated rings. The molecule has 0 aliphatic heterocycles. The van der Waals surface area contributed by atoms with Crippen LogP contribution in [0.5, 0.6) is 0 Å². The van der Waals surface area contributed by atoms with Gasteiger partial charge in [-0.2, -0.15) is 0 Å². The molecule has 0 heterocycles. The molecule has 0 aliphatic carbocycles. The van der Waals surface area contributed by atoms with Gasteiger partial charge in [0.1, 0.15) is 0 Å². The Morgan fingerprint density at radius 3 is 2.11 bits per heavy atom. The molecule has 0 saturated carbocycles. The predicted octanol–water partition coefficient (Wildman–Crippen LogP) is 6.52. The molecule has 0 aromatic heterocycles. The molecule has 1 N–H and O–H groups in total. The lowest BCUT2D eigenvalue weighted by Crippen LogP contribution is -2.36. The van der Waals surface area contributed by atoms with E-state index in [1.807, 2.05) is 6.07 Å². The minimum Gasteiger partial charge on any atom is -0.338 e. The number of nitrogens with one attached hydrogen (secondary N) is 1. The summed E-state index contributed by atoms with van der Waals surface area (Å²) < 4.78 is 0. The third-order valence-corrected chi connectivity index (χ3v) is 5.43. The van der Waals surface area contributed by atoms with Gasteiger partial charge in [0.2, 0.25) is 0 Å². The number of nitrogens with zero attached hydrogens (tertiary/aromatic N) is 1. The summed E-state index contributed by atoms with van der Waals surface area (Å²) in [7, 11) is 0. The molecule has 0 radical (unpaired) electrons. The molecule has 2 nitrogen and oxygen atoms in total. The van der Waals surface area contributed by atoms with Crippen LogP contribution in [0, 0.1) is 6.92 Å². The topological polar surface area (TPSA) is 15.3 Å². The second kappa shape index (κ2) is 9.52. The van der Waals surface area contributed by atoms with Crippen molar-refractivity contribution >= 4 is 23.0 Å². The summed E-state index contributed by atoms with van der Waals surface area (Å²) in [6.07, 6.45) is 1.04. The van der Waals surface area contributed by atoms with E-state index in [9.17, 15) is 0 Å². The highest BCUT2D eigenvalue weighted by atomic mass is 32.1. The second-order valence-electron chi connectivity index (χ2n) is 7.18. The lowest BCUT2D eigenvalue weighted by molar-refractivity contribution is 0.334. The van der Waals surface area contributed by atoms with Gasteiger partial charge in [0.15, 0.2) is 5.11 Å². The summed E-state index contributed by atoms with van der Waals surface area (Å²) in [6, 6.07) is 27.8. The van der Waals surface area contributed by atoms with Crippen molar-refractivity contribution < 1.29 is 0 Å². The average Bonchev–Trinajstić information content (AvgIpc) is 2.74. The van der Waals surface area contributed by atoms with Gasteiger partial charge in [-0.25, -0.2) is 0 Å². The first-order chi connectivity index (χ1) is 13.6. The van der Waals surface area contributed by atoms with E-state index in [2.05, 4.69) is 104 Å². The number of hydrogen-bond donors (Lipinski definition) is 1. The van der Waals surface area contributed by atoms with Crippen molar-refractivity contribution in [1.82, 2.24) is 4.90 Å². The van der Waals surface area contributed by atoms with Crippen LogP contribution in [-0.2, 0) is 13.0 Å². The molecule has 0 unspecified atom stereocenters. The molecular weight excluding hydrogens is 360 g/mol. The van der Waals surface area contributed by atoms with E-state index in [-0.39, 0.29) is 6.04 Å². The fraction of sp³-hybridized carbons (Fsp3) is 0.240. The van der Waals surface area contributed by atoms with Crippen LogP contribution >= 0.6 is 12.2 Å². The average molecular weight is 389 g/mol. The van der Waals surface area contributed by atoms with Crippen molar-refractivity contribution in [3.05, 3.63) is 101 Å². The zero-order chi connectivity index (χ0) is 19.9. The van der Waals surface area contributed by atoms with Crippen LogP contribution in [0.1, 0.15) is 42.1 Å².